The Balaban J connectivity index is 1.21. The van der Waals surface area contributed by atoms with Gasteiger partial charge in [0.25, 0.3) is 0 Å². The Morgan fingerprint density at radius 3 is 1.71 bits per heavy atom. The minimum absolute atomic E-state index is 0.0120. The monoisotopic (exact) mass is 763 g/mol. The molecular formula is C56H61NO. The van der Waals surface area contributed by atoms with Crippen molar-refractivity contribution < 1.29 is 4.74 Å². The first-order valence-electron chi connectivity index (χ1n) is 22.8. The lowest BCUT2D eigenvalue weighted by Crippen LogP contribution is -2.74. The third-order valence-corrected chi connectivity index (χ3v) is 18.1. The second-order valence-corrected chi connectivity index (χ2v) is 22.7. The van der Waals surface area contributed by atoms with Crippen LogP contribution in [-0.4, -0.2) is 0 Å². The lowest BCUT2D eigenvalue weighted by Gasteiger charge is -2.77. The van der Waals surface area contributed by atoms with E-state index >= 15 is 0 Å². The number of nitrogens with zero attached hydrogens (tertiary/aromatic N) is 1. The fraction of sp³-hybridized carbons (Fsp3) is 0.464. The van der Waals surface area contributed by atoms with Crippen LogP contribution < -0.4 is 9.64 Å². The van der Waals surface area contributed by atoms with Crippen LogP contribution in [0.15, 0.2) is 103 Å². The molecule has 4 fully saturated rings. The lowest BCUT2D eigenvalue weighted by atomic mass is 9.26. The predicted octanol–water partition coefficient (Wildman–Crippen LogP) is 15.0. The maximum Gasteiger partial charge on any atom is 0.132 e. The molecule has 2 nitrogen and oxygen atoms in total. The van der Waals surface area contributed by atoms with Gasteiger partial charge in [-0.3, -0.25) is 0 Å². The molecule has 0 saturated heterocycles. The number of rotatable bonds is 4. The van der Waals surface area contributed by atoms with Crippen molar-refractivity contribution in [3.8, 4) is 22.6 Å². The van der Waals surface area contributed by atoms with Gasteiger partial charge < -0.3 is 9.64 Å². The van der Waals surface area contributed by atoms with Crippen LogP contribution in [0, 0.1) is 29.1 Å². The molecule has 6 atom stereocenters. The summed E-state index contributed by atoms with van der Waals surface area (Å²) in [6.45, 7) is 20.0. The fourth-order valence-electron chi connectivity index (χ4n) is 15.3. The van der Waals surface area contributed by atoms with Crippen LogP contribution in [0.3, 0.4) is 0 Å². The minimum atomic E-state index is -0.0137. The van der Waals surface area contributed by atoms with Crippen LogP contribution >= 0.6 is 0 Å². The van der Waals surface area contributed by atoms with Crippen LogP contribution in [0.25, 0.3) is 11.1 Å². The van der Waals surface area contributed by atoms with E-state index < -0.39 is 0 Å². The van der Waals surface area contributed by atoms with E-state index in [1.165, 1.54) is 113 Å². The van der Waals surface area contributed by atoms with Crippen molar-refractivity contribution in [2.24, 2.45) is 29.1 Å². The Morgan fingerprint density at radius 2 is 1.07 bits per heavy atom. The number of benzene rings is 5. The van der Waals surface area contributed by atoms with Gasteiger partial charge in [0.2, 0.25) is 0 Å². The first kappa shape index (κ1) is 35.6. The molecule has 1 aliphatic heterocycles. The summed E-state index contributed by atoms with van der Waals surface area (Å²) in [4.78, 5) is 2.79. The Hall–Kier alpha value is -4.30. The zero-order valence-corrected chi connectivity index (χ0v) is 36.1. The molecule has 0 N–H and O–H groups in total. The standard InChI is InChI=1S/C56H61NO/c1-51(2)24-26-53(5,6)49-39(51)19-14-21-42(49)57(43-22-15-20-40-50(43)54(7,8)27-25-52(40,3)4)44-32-41-46(31-37(44)35-16-10-9-11-17-35)58-45-23-13-12-18-38(45)56(41)47-29-34-28-36-30-48(56)55(36,47)33-34/h9-23,31-32,34,36,47-48H,24-30,33H2,1-8H3. The normalized spacial score (nSPS) is 31.4. The van der Waals surface area contributed by atoms with Gasteiger partial charge in [-0.05, 0) is 160 Å². The van der Waals surface area contributed by atoms with Gasteiger partial charge in [-0.15, -0.1) is 0 Å². The van der Waals surface area contributed by atoms with E-state index in [9.17, 15) is 0 Å². The van der Waals surface area contributed by atoms with Gasteiger partial charge in [-0.2, -0.15) is 0 Å². The number of anilines is 3. The number of para-hydroxylation sites is 1. The molecule has 7 aliphatic rings. The Bertz CT molecular complexity index is 2480. The highest BCUT2D eigenvalue weighted by Gasteiger charge is 2.84. The van der Waals surface area contributed by atoms with Gasteiger partial charge in [0.1, 0.15) is 11.5 Å². The van der Waals surface area contributed by atoms with E-state index in [1.807, 2.05) is 0 Å². The minimum Gasteiger partial charge on any atom is -0.457 e. The van der Waals surface area contributed by atoms with E-state index in [4.69, 9.17) is 4.74 Å². The smallest absolute Gasteiger partial charge is 0.132 e. The molecule has 2 bridgehead atoms. The first-order chi connectivity index (χ1) is 27.7. The summed E-state index contributed by atoms with van der Waals surface area (Å²) in [6.07, 6.45) is 10.4. The average Bonchev–Trinajstić information content (AvgIpc) is 3.74. The lowest BCUT2D eigenvalue weighted by molar-refractivity contribution is -0.235. The quantitative estimate of drug-likeness (QED) is 0.181. The molecule has 0 aromatic heterocycles. The second kappa shape index (κ2) is 11.3. The molecule has 12 rings (SSSR count). The number of hydrogen-bond donors (Lipinski definition) is 0. The van der Waals surface area contributed by atoms with E-state index in [2.05, 4.69) is 163 Å². The van der Waals surface area contributed by atoms with Crippen LogP contribution in [0.5, 0.6) is 11.5 Å². The zero-order valence-electron chi connectivity index (χ0n) is 36.1. The summed E-state index contributed by atoms with van der Waals surface area (Å²) in [5.41, 5.74) is 16.2. The molecule has 2 spiro atoms. The van der Waals surface area contributed by atoms with Crippen LogP contribution in [-0.2, 0) is 27.1 Å². The SMILES string of the molecule is CC1(C)CCC(C)(C)c2c(N(c3cc4c(cc3-c3ccccc3)Oc3ccccc3C43C4CC5CC6CC3C64C5)c3cccc4c3C(C)(C)CCC4(C)C)cccc21. The zero-order chi connectivity index (χ0) is 39.8. The molecule has 2 heteroatoms. The molecule has 58 heavy (non-hydrogen) atoms. The van der Waals surface area contributed by atoms with E-state index in [1.54, 1.807) is 0 Å². The van der Waals surface area contributed by atoms with Gasteiger partial charge in [-0.25, -0.2) is 0 Å². The average molecular weight is 764 g/mol. The second-order valence-electron chi connectivity index (χ2n) is 22.7. The van der Waals surface area contributed by atoms with Crippen molar-refractivity contribution in [3.05, 3.63) is 137 Å². The molecule has 296 valence electrons. The van der Waals surface area contributed by atoms with Crippen LogP contribution in [0.2, 0.25) is 0 Å². The van der Waals surface area contributed by atoms with Gasteiger partial charge in [-0.1, -0.05) is 128 Å². The van der Waals surface area contributed by atoms with Crippen molar-refractivity contribution in [1.29, 1.82) is 0 Å². The Morgan fingerprint density at radius 1 is 0.500 bits per heavy atom. The molecule has 6 unspecified atom stereocenters. The number of fused-ring (bicyclic) bond motifs is 9. The topological polar surface area (TPSA) is 12.5 Å². The Labute approximate surface area is 347 Å². The van der Waals surface area contributed by atoms with Gasteiger partial charge in [0, 0.05) is 22.1 Å². The molecule has 5 aromatic carbocycles. The maximum atomic E-state index is 7.19. The molecule has 6 aliphatic carbocycles. The predicted molar refractivity (Wildman–Crippen MR) is 239 cm³/mol. The molecule has 0 amide bonds. The van der Waals surface area contributed by atoms with Crippen molar-refractivity contribution in [3.63, 3.8) is 0 Å². The molecule has 0 radical (unpaired) electrons. The molecule has 1 heterocycles. The van der Waals surface area contributed by atoms with Crippen molar-refractivity contribution >= 4 is 17.1 Å². The summed E-state index contributed by atoms with van der Waals surface area (Å²) in [6, 6.07) is 40.2. The van der Waals surface area contributed by atoms with E-state index in [-0.39, 0.29) is 27.1 Å². The summed E-state index contributed by atoms with van der Waals surface area (Å²) in [5, 5.41) is 0. The fourth-order valence-corrected chi connectivity index (χ4v) is 15.3. The van der Waals surface area contributed by atoms with Crippen molar-refractivity contribution in [2.75, 3.05) is 4.90 Å². The highest BCUT2D eigenvalue weighted by Crippen LogP contribution is 2.89. The van der Waals surface area contributed by atoms with Gasteiger partial charge in [0.05, 0.1) is 17.1 Å². The van der Waals surface area contributed by atoms with Crippen molar-refractivity contribution in [1.82, 2.24) is 0 Å². The molecular weight excluding hydrogens is 703 g/mol. The first-order valence-corrected chi connectivity index (χ1v) is 22.8. The summed E-state index contributed by atoms with van der Waals surface area (Å²) in [5.74, 6) is 5.34. The summed E-state index contributed by atoms with van der Waals surface area (Å²) in [7, 11) is 0. The number of ether oxygens (including phenoxy) is 1. The van der Waals surface area contributed by atoms with Crippen LogP contribution in [0.4, 0.5) is 17.1 Å². The third-order valence-electron chi connectivity index (χ3n) is 18.1. The maximum absolute atomic E-state index is 7.19. The van der Waals surface area contributed by atoms with E-state index in [0.717, 1.165) is 23.3 Å². The third kappa shape index (κ3) is 4.30. The Kier molecular flexibility index (Phi) is 6.93. The van der Waals surface area contributed by atoms with Crippen LogP contribution in [0.1, 0.15) is 140 Å². The summed E-state index contributed by atoms with van der Waals surface area (Å²) >= 11 is 0. The van der Waals surface area contributed by atoms with E-state index in [0.29, 0.717) is 17.3 Å². The highest BCUT2D eigenvalue weighted by molar-refractivity contribution is 5.93. The molecule has 5 aromatic rings. The number of hydrogen-bond acceptors (Lipinski definition) is 2. The van der Waals surface area contributed by atoms with Gasteiger partial charge in [0.15, 0.2) is 0 Å². The molecule has 4 saturated carbocycles. The highest BCUT2D eigenvalue weighted by atomic mass is 16.5. The largest absolute Gasteiger partial charge is 0.457 e. The van der Waals surface area contributed by atoms with Crippen molar-refractivity contribution in [2.45, 2.75) is 134 Å². The van der Waals surface area contributed by atoms with Gasteiger partial charge >= 0.3 is 0 Å². The summed E-state index contributed by atoms with van der Waals surface area (Å²) < 4.78 is 7.19.